The van der Waals surface area contributed by atoms with Gasteiger partial charge in [0.1, 0.15) is 6.20 Å². The molecular weight excluding hydrogens is 304 g/mol. The molecule has 1 aliphatic heterocycles. The van der Waals surface area contributed by atoms with Gasteiger partial charge in [0.15, 0.2) is 0 Å². The Morgan fingerprint density at radius 3 is 2.50 bits per heavy atom. The van der Waals surface area contributed by atoms with Crippen molar-refractivity contribution in [2.45, 2.75) is 13.8 Å². The van der Waals surface area contributed by atoms with E-state index in [9.17, 15) is 4.79 Å². The Labute approximate surface area is 141 Å². The SMILES string of the molecule is CC(C)CN1CCN(c2ccc(Nc3nncc(=O)[nH]3)cc2)CC1. The number of aromatic amines is 1. The lowest BCUT2D eigenvalue weighted by atomic mass is 10.2. The van der Waals surface area contributed by atoms with Crippen molar-refractivity contribution in [3.63, 3.8) is 0 Å². The third-order valence-corrected chi connectivity index (χ3v) is 4.07. The summed E-state index contributed by atoms with van der Waals surface area (Å²) in [6.45, 7) is 10.0. The van der Waals surface area contributed by atoms with Crippen molar-refractivity contribution in [3.8, 4) is 0 Å². The summed E-state index contributed by atoms with van der Waals surface area (Å²) in [4.78, 5) is 18.8. The van der Waals surface area contributed by atoms with Gasteiger partial charge < -0.3 is 10.2 Å². The molecule has 0 aliphatic carbocycles. The number of benzene rings is 1. The van der Waals surface area contributed by atoms with Gasteiger partial charge in [-0.3, -0.25) is 14.7 Å². The molecular formula is C17H24N6O. The molecule has 3 rings (SSSR count). The summed E-state index contributed by atoms with van der Waals surface area (Å²) in [5.74, 6) is 1.06. The summed E-state index contributed by atoms with van der Waals surface area (Å²) in [6.07, 6.45) is 1.15. The van der Waals surface area contributed by atoms with Crippen LogP contribution in [0.3, 0.4) is 0 Å². The molecule has 1 aromatic carbocycles. The van der Waals surface area contributed by atoms with Gasteiger partial charge in [0.05, 0.1) is 0 Å². The number of rotatable bonds is 5. The normalized spacial score (nSPS) is 15.7. The zero-order valence-corrected chi connectivity index (χ0v) is 14.2. The first-order chi connectivity index (χ1) is 11.6. The van der Waals surface area contributed by atoms with Crippen molar-refractivity contribution in [1.29, 1.82) is 0 Å². The average Bonchev–Trinajstić information content (AvgIpc) is 2.56. The molecule has 2 heterocycles. The van der Waals surface area contributed by atoms with Gasteiger partial charge >= 0.3 is 0 Å². The molecule has 0 spiro atoms. The minimum absolute atomic E-state index is 0.275. The van der Waals surface area contributed by atoms with Crippen LogP contribution in [0.1, 0.15) is 13.8 Å². The van der Waals surface area contributed by atoms with Crippen LogP contribution in [0.25, 0.3) is 0 Å². The van der Waals surface area contributed by atoms with Gasteiger partial charge in [-0.1, -0.05) is 13.8 Å². The highest BCUT2D eigenvalue weighted by Crippen LogP contribution is 2.21. The van der Waals surface area contributed by atoms with E-state index in [0.29, 0.717) is 5.95 Å². The summed E-state index contributed by atoms with van der Waals surface area (Å²) in [7, 11) is 0. The van der Waals surface area contributed by atoms with Gasteiger partial charge in [-0.25, -0.2) is 0 Å². The van der Waals surface area contributed by atoms with Crippen LogP contribution in [0.2, 0.25) is 0 Å². The fraction of sp³-hybridized carbons (Fsp3) is 0.471. The molecule has 7 heteroatoms. The average molecular weight is 328 g/mol. The Bertz CT molecular complexity index is 704. The van der Waals surface area contributed by atoms with Crippen LogP contribution in [0, 0.1) is 5.92 Å². The molecule has 0 unspecified atom stereocenters. The number of hydrogen-bond acceptors (Lipinski definition) is 6. The first-order valence-corrected chi connectivity index (χ1v) is 8.36. The van der Waals surface area contributed by atoms with Crippen LogP contribution >= 0.6 is 0 Å². The maximum Gasteiger partial charge on any atom is 0.271 e. The monoisotopic (exact) mass is 328 g/mol. The number of H-pyrrole nitrogens is 1. The van der Waals surface area contributed by atoms with Gasteiger partial charge in [-0.2, -0.15) is 0 Å². The van der Waals surface area contributed by atoms with Crippen LogP contribution < -0.4 is 15.8 Å². The molecule has 128 valence electrons. The lowest BCUT2D eigenvalue weighted by Crippen LogP contribution is -2.47. The van der Waals surface area contributed by atoms with E-state index in [1.807, 2.05) is 12.1 Å². The van der Waals surface area contributed by atoms with Gasteiger partial charge in [-0.05, 0) is 30.2 Å². The molecule has 24 heavy (non-hydrogen) atoms. The molecule has 1 aliphatic rings. The van der Waals surface area contributed by atoms with Gasteiger partial charge in [0.25, 0.3) is 5.56 Å². The van der Waals surface area contributed by atoms with Crippen LogP contribution in [0.5, 0.6) is 0 Å². The van der Waals surface area contributed by atoms with Gasteiger partial charge in [-0.15, -0.1) is 10.2 Å². The van der Waals surface area contributed by atoms with Crippen molar-refractivity contribution < 1.29 is 0 Å². The van der Waals surface area contributed by atoms with Gasteiger partial charge in [0, 0.05) is 44.1 Å². The third kappa shape index (κ3) is 4.32. The highest BCUT2D eigenvalue weighted by Gasteiger charge is 2.17. The minimum atomic E-state index is -0.275. The van der Waals surface area contributed by atoms with E-state index in [1.54, 1.807) is 0 Å². The Balaban J connectivity index is 1.58. The van der Waals surface area contributed by atoms with Crippen molar-refractivity contribution >= 4 is 17.3 Å². The summed E-state index contributed by atoms with van der Waals surface area (Å²) in [5, 5.41) is 10.5. The number of anilines is 3. The van der Waals surface area contributed by atoms with E-state index < -0.39 is 0 Å². The van der Waals surface area contributed by atoms with E-state index in [1.165, 1.54) is 12.2 Å². The van der Waals surface area contributed by atoms with Crippen LogP contribution in [0.15, 0.2) is 35.3 Å². The van der Waals surface area contributed by atoms with Gasteiger partial charge in [0.2, 0.25) is 5.95 Å². The van der Waals surface area contributed by atoms with E-state index in [0.717, 1.165) is 44.0 Å². The Morgan fingerprint density at radius 2 is 1.88 bits per heavy atom. The summed E-state index contributed by atoms with van der Waals surface area (Å²) in [5.41, 5.74) is 1.81. The number of aromatic nitrogens is 3. The molecule has 1 fully saturated rings. The largest absolute Gasteiger partial charge is 0.369 e. The van der Waals surface area contributed by atoms with Crippen LogP contribution in [-0.4, -0.2) is 52.8 Å². The maximum absolute atomic E-state index is 11.2. The quantitative estimate of drug-likeness (QED) is 0.870. The van der Waals surface area contributed by atoms with Crippen LogP contribution in [-0.2, 0) is 0 Å². The van der Waals surface area contributed by atoms with E-state index in [2.05, 4.69) is 56.3 Å². The molecule has 7 nitrogen and oxygen atoms in total. The second kappa shape index (κ2) is 7.44. The summed E-state index contributed by atoms with van der Waals surface area (Å²) < 4.78 is 0. The topological polar surface area (TPSA) is 77.2 Å². The summed E-state index contributed by atoms with van der Waals surface area (Å²) >= 11 is 0. The standard InChI is InChI=1S/C17H24N6O/c1-13(2)12-22-7-9-23(10-8-22)15-5-3-14(4-6-15)19-17-20-16(24)11-18-21-17/h3-6,11,13H,7-10,12H2,1-2H3,(H2,19,20,21,24). The van der Waals surface area contributed by atoms with Crippen molar-refractivity contribution in [2.75, 3.05) is 42.9 Å². The molecule has 2 aromatic rings. The molecule has 0 bridgehead atoms. The molecule has 0 radical (unpaired) electrons. The molecule has 1 aromatic heterocycles. The molecule has 2 N–H and O–H groups in total. The second-order valence-corrected chi connectivity index (χ2v) is 6.54. The molecule has 0 saturated carbocycles. The minimum Gasteiger partial charge on any atom is -0.369 e. The van der Waals surface area contributed by atoms with E-state index >= 15 is 0 Å². The Kier molecular flexibility index (Phi) is 5.10. The maximum atomic E-state index is 11.2. The zero-order chi connectivity index (χ0) is 16.9. The highest BCUT2D eigenvalue weighted by molar-refractivity contribution is 5.59. The fourth-order valence-electron chi connectivity index (χ4n) is 2.97. The number of nitrogens with one attached hydrogen (secondary N) is 2. The predicted molar refractivity (Wildman–Crippen MR) is 95.9 cm³/mol. The third-order valence-electron chi connectivity index (χ3n) is 4.07. The fourth-order valence-corrected chi connectivity index (χ4v) is 2.97. The molecule has 0 atom stereocenters. The number of piperazine rings is 1. The first kappa shape index (κ1) is 16.4. The van der Waals surface area contributed by atoms with Crippen molar-refractivity contribution in [3.05, 3.63) is 40.8 Å². The van der Waals surface area contributed by atoms with E-state index in [4.69, 9.17) is 0 Å². The van der Waals surface area contributed by atoms with Crippen LogP contribution in [0.4, 0.5) is 17.3 Å². The number of hydrogen-bond donors (Lipinski definition) is 2. The molecule has 0 amide bonds. The summed E-state index contributed by atoms with van der Waals surface area (Å²) in [6, 6.07) is 8.16. The van der Waals surface area contributed by atoms with Crippen molar-refractivity contribution in [1.82, 2.24) is 20.1 Å². The molecule has 1 saturated heterocycles. The smallest absolute Gasteiger partial charge is 0.271 e. The Hall–Kier alpha value is -2.41. The second-order valence-electron chi connectivity index (χ2n) is 6.54. The lowest BCUT2D eigenvalue weighted by molar-refractivity contribution is 0.231. The van der Waals surface area contributed by atoms with E-state index in [-0.39, 0.29) is 5.56 Å². The zero-order valence-electron chi connectivity index (χ0n) is 14.2. The highest BCUT2D eigenvalue weighted by atomic mass is 16.1. The predicted octanol–water partition coefficient (Wildman–Crippen LogP) is 1.69. The lowest BCUT2D eigenvalue weighted by Gasteiger charge is -2.36. The number of nitrogens with zero attached hydrogens (tertiary/aromatic N) is 4. The Morgan fingerprint density at radius 1 is 1.17 bits per heavy atom. The van der Waals surface area contributed by atoms with Crippen molar-refractivity contribution in [2.24, 2.45) is 5.92 Å². The first-order valence-electron chi connectivity index (χ1n) is 8.36.